The number of fused-ring (bicyclic) bond motifs is 1. The van der Waals surface area contributed by atoms with E-state index in [-0.39, 0.29) is 18.4 Å². The summed E-state index contributed by atoms with van der Waals surface area (Å²) >= 11 is 0. The molecule has 0 bridgehead atoms. The predicted molar refractivity (Wildman–Crippen MR) is 72.6 cm³/mol. The molecule has 21 heavy (non-hydrogen) atoms. The van der Waals surface area contributed by atoms with Crippen LogP contribution in [0.25, 0.3) is 0 Å². The molecule has 1 amide bonds. The molecule has 3 aliphatic rings. The zero-order valence-electron chi connectivity index (χ0n) is 12.2. The molecule has 1 aliphatic carbocycles. The van der Waals surface area contributed by atoms with Gasteiger partial charge >= 0.3 is 6.18 Å². The fourth-order valence-corrected chi connectivity index (χ4v) is 4.28. The zero-order valence-corrected chi connectivity index (χ0v) is 12.2. The number of likely N-dealkylation sites (tertiary alicyclic amines) is 1. The topological polar surface area (TPSA) is 32.3 Å². The Hall–Kier alpha value is -0.780. The molecule has 4 unspecified atom stereocenters. The van der Waals surface area contributed by atoms with Crippen molar-refractivity contribution in [2.75, 3.05) is 19.6 Å². The Morgan fingerprint density at radius 3 is 2.52 bits per heavy atom. The fourth-order valence-electron chi connectivity index (χ4n) is 4.28. The smallest absolute Gasteiger partial charge is 0.341 e. The van der Waals surface area contributed by atoms with Crippen molar-refractivity contribution in [2.45, 2.75) is 50.7 Å². The number of hydrogen-bond donors (Lipinski definition) is 1. The summed E-state index contributed by atoms with van der Waals surface area (Å²) in [5.41, 5.74) is 0. The van der Waals surface area contributed by atoms with Gasteiger partial charge in [0.15, 0.2) is 0 Å². The third kappa shape index (κ3) is 3.05. The first kappa shape index (κ1) is 15.1. The van der Waals surface area contributed by atoms with Gasteiger partial charge in [0.1, 0.15) is 0 Å². The highest BCUT2D eigenvalue weighted by molar-refractivity contribution is 5.79. The molecule has 120 valence electrons. The molecular weight excluding hydrogens is 281 g/mol. The Bertz CT molecular complexity index is 385. The van der Waals surface area contributed by atoms with Crippen LogP contribution in [0.2, 0.25) is 0 Å². The van der Waals surface area contributed by atoms with Gasteiger partial charge in [-0.15, -0.1) is 0 Å². The normalized spacial score (nSPS) is 37.4. The Labute approximate surface area is 123 Å². The van der Waals surface area contributed by atoms with Crippen molar-refractivity contribution in [3.8, 4) is 0 Å². The van der Waals surface area contributed by atoms with Crippen LogP contribution in [0, 0.1) is 17.8 Å². The Balaban J connectivity index is 1.69. The van der Waals surface area contributed by atoms with Gasteiger partial charge in [-0.3, -0.25) is 4.79 Å². The molecule has 3 fully saturated rings. The predicted octanol–water partition coefficient (Wildman–Crippen LogP) is 2.57. The number of carbonyl (C=O) groups excluding carboxylic acids is 1. The molecule has 3 rings (SSSR count). The number of nitrogens with one attached hydrogen (secondary N) is 1. The number of alkyl halides is 3. The summed E-state index contributed by atoms with van der Waals surface area (Å²) in [6.07, 6.45) is -0.248. The maximum Gasteiger partial charge on any atom is 0.392 e. The number of carbonyl (C=O) groups is 1. The van der Waals surface area contributed by atoms with Crippen LogP contribution in [0.3, 0.4) is 0 Å². The van der Waals surface area contributed by atoms with Crippen molar-refractivity contribution >= 4 is 5.91 Å². The molecule has 0 aromatic rings. The van der Waals surface area contributed by atoms with E-state index in [0.29, 0.717) is 31.8 Å². The molecule has 4 atom stereocenters. The fraction of sp³-hybridized carbons (Fsp3) is 0.933. The van der Waals surface area contributed by atoms with Gasteiger partial charge in [-0.2, -0.15) is 13.2 Å². The molecule has 1 N–H and O–H groups in total. The van der Waals surface area contributed by atoms with E-state index in [0.717, 1.165) is 25.8 Å². The summed E-state index contributed by atoms with van der Waals surface area (Å²) in [7, 11) is 0. The van der Waals surface area contributed by atoms with Crippen LogP contribution in [0.4, 0.5) is 13.2 Å². The van der Waals surface area contributed by atoms with Crippen LogP contribution in [-0.4, -0.2) is 42.7 Å². The summed E-state index contributed by atoms with van der Waals surface area (Å²) in [5.74, 6) is -2.11. The second-order valence-electron chi connectivity index (χ2n) is 6.75. The first-order chi connectivity index (χ1) is 9.97. The van der Waals surface area contributed by atoms with Gasteiger partial charge in [0.2, 0.25) is 5.91 Å². The van der Waals surface area contributed by atoms with Crippen LogP contribution >= 0.6 is 0 Å². The molecular formula is C15H23F3N2O. The number of piperidine rings is 1. The van der Waals surface area contributed by atoms with Crippen LogP contribution in [-0.2, 0) is 4.79 Å². The second-order valence-corrected chi connectivity index (χ2v) is 6.75. The number of amides is 1. The van der Waals surface area contributed by atoms with Gasteiger partial charge in [-0.1, -0.05) is 12.8 Å². The van der Waals surface area contributed by atoms with Gasteiger partial charge in [-0.05, 0) is 38.1 Å². The molecule has 1 saturated carbocycles. The van der Waals surface area contributed by atoms with Crippen molar-refractivity contribution in [3.63, 3.8) is 0 Å². The van der Waals surface area contributed by atoms with E-state index >= 15 is 0 Å². The van der Waals surface area contributed by atoms with Crippen LogP contribution in [0.1, 0.15) is 38.5 Å². The van der Waals surface area contributed by atoms with Crippen molar-refractivity contribution in [1.29, 1.82) is 0 Å². The summed E-state index contributed by atoms with van der Waals surface area (Å²) in [4.78, 5) is 14.3. The molecule has 2 aliphatic heterocycles. The monoisotopic (exact) mass is 304 g/mol. The van der Waals surface area contributed by atoms with Crippen LogP contribution in [0.5, 0.6) is 0 Å². The lowest BCUT2D eigenvalue weighted by molar-refractivity contribution is -0.200. The van der Waals surface area contributed by atoms with Crippen molar-refractivity contribution in [1.82, 2.24) is 10.2 Å². The highest BCUT2D eigenvalue weighted by Gasteiger charge is 2.50. The standard InChI is InChI=1S/C15H23F3N2O/c16-15(17,18)12-6-2-1-5-11(12)14(21)20-8-10-4-3-7-19-13(10)9-20/h10-13,19H,1-9H2. The first-order valence-corrected chi connectivity index (χ1v) is 8.05. The van der Waals surface area contributed by atoms with Crippen molar-refractivity contribution < 1.29 is 18.0 Å². The highest BCUT2D eigenvalue weighted by Crippen LogP contribution is 2.42. The maximum absolute atomic E-state index is 13.2. The summed E-state index contributed by atoms with van der Waals surface area (Å²) in [5, 5.41) is 3.39. The molecule has 3 nitrogen and oxygen atoms in total. The Morgan fingerprint density at radius 1 is 1.05 bits per heavy atom. The number of halogens is 3. The van der Waals surface area contributed by atoms with E-state index in [4.69, 9.17) is 0 Å². The lowest BCUT2D eigenvalue weighted by Gasteiger charge is -2.34. The zero-order chi connectivity index (χ0) is 15.0. The van der Waals surface area contributed by atoms with Gasteiger partial charge in [0, 0.05) is 25.0 Å². The molecule has 2 heterocycles. The van der Waals surface area contributed by atoms with E-state index in [2.05, 4.69) is 5.32 Å². The van der Waals surface area contributed by atoms with E-state index in [1.165, 1.54) is 0 Å². The lowest BCUT2D eigenvalue weighted by atomic mass is 9.78. The molecule has 0 radical (unpaired) electrons. The van der Waals surface area contributed by atoms with Gasteiger partial charge in [0.05, 0.1) is 5.92 Å². The average molecular weight is 304 g/mol. The quantitative estimate of drug-likeness (QED) is 0.807. The molecule has 0 aromatic carbocycles. The largest absolute Gasteiger partial charge is 0.392 e. The minimum atomic E-state index is -4.24. The van der Waals surface area contributed by atoms with Gasteiger partial charge < -0.3 is 10.2 Å². The van der Waals surface area contributed by atoms with Crippen molar-refractivity contribution in [3.05, 3.63) is 0 Å². The SMILES string of the molecule is O=C(C1CCCCC1C(F)(F)F)N1CC2CCCNC2C1. The summed E-state index contributed by atoms with van der Waals surface area (Å²) in [6.45, 7) is 2.18. The molecule has 2 saturated heterocycles. The average Bonchev–Trinajstić information content (AvgIpc) is 2.89. The number of rotatable bonds is 1. The third-order valence-corrected chi connectivity index (χ3v) is 5.41. The Morgan fingerprint density at radius 2 is 1.81 bits per heavy atom. The van der Waals surface area contributed by atoms with Crippen LogP contribution < -0.4 is 5.32 Å². The minimum Gasteiger partial charge on any atom is -0.341 e. The van der Waals surface area contributed by atoms with E-state index in [1.807, 2.05) is 0 Å². The Kier molecular flexibility index (Phi) is 4.17. The maximum atomic E-state index is 13.2. The van der Waals surface area contributed by atoms with Gasteiger partial charge in [-0.25, -0.2) is 0 Å². The minimum absolute atomic E-state index is 0.110. The molecule has 0 aromatic heterocycles. The molecule has 6 heteroatoms. The first-order valence-electron chi connectivity index (χ1n) is 8.05. The summed E-state index contributed by atoms with van der Waals surface area (Å²) < 4.78 is 39.5. The highest BCUT2D eigenvalue weighted by atomic mass is 19.4. The lowest BCUT2D eigenvalue weighted by Crippen LogP contribution is -2.45. The third-order valence-electron chi connectivity index (χ3n) is 5.41. The van der Waals surface area contributed by atoms with E-state index in [9.17, 15) is 18.0 Å². The summed E-state index contributed by atoms with van der Waals surface area (Å²) in [6, 6.07) is 0.288. The van der Waals surface area contributed by atoms with Crippen molar-refractivity contribution in [2.24, 2.45) is 17.8 Å². The number of hydrogen-bond acceptors (Lipinski definition) is 2. The number of nitrogens with zero attached hydrogens (tertiary/aromatic N) is 1. The van der Waals surface area contributed by atoms with E-state index in [1.54, 1.807) is 4.90 Å². The van der Waals surface area contributed by atoms with E-state index < -0.39 is 18.0 Å². The van der Waals surface area contributed by atoms with Gasteiger partial charge in [0.25, 0.3) is 0 Å². The van der Waals surface area contributed by atoms with Crippen LogP contribution in [0.15, 0.2) is 0 Å². The molecule has 0 spiro atoms. The second kappa shape index (κ2) is 5.78.